The van der Waals surface area contributed by atoms with Crippen LogP contribution in [0.3, 0.4) is 0 Å². The van der Waals surface area contributed by atoms with Crippen LogP contribution in [0.2, 0.25) is 0 Å². The molecule has 0 saturated heterocycles. The van der Waals surface area contributed by atoms with Gasteiger partial charge in [0, 0.05) is 48.7 Å². The minimum absolute atomic E-state index is 0.0421. The maximum atomic E-state index is 14.1. The highest BCUT2D eigenvalue weighted by molar-refractivity contribution is 6.24. The maximum absolute atomic E-state index is 14.1. The fraction of sp³-hybridized carbons (Fsp3) is 0.257. The lowest BCUT2D eigenvalue weighted by Gasteiger charge is -2.25. The molecule has 44 heavy (non-hydrogen) atoms. The van der Waals surface area contributed by atoms with Crippen LogP contribution in [-0.2, 0) is 4.79 Å². The van der Waals surface area contributed by atoms with Crippen LogP contribution in [0.15, 0.2) is 102 Å². The first-order valence-electron chi connectivity index (χ1n) is 14.6. The Kier molecular flexibility index (Phi) is 10.4. The number of nitrogens with two attached hydrogens (primary N) is 2. The van der Waals surface area contributed by atoms with E-state index >= 15 is 0 Å². The van der Waals surface area contributed by atoms with Crippen LogP contribution in [0, 0.1) is 11.7 Å². The molecule has 0 fully saturated rings. The molecule has 230 valence electrons. The molecule has 0 spiro atoms. The number of benzene rings is 2. The van der Waals surface area contributed by atoms with Crippen molar-refractivity contribution < 1.29 is 18.7 Å². The Hall–Kier alpha value is -5.05. The van der Waals surface area contributed by atoms with Crippen molar-refractivity contribution in [2.24, 2.45) is 17.4 Å². The van der Waals surface area contributed by atoms with Gasteiger partial charge in [-0.25, -0.2) is 9.18 Å². The van der Waals surface area contributed by atoms with E-state index < -0.39 is 5.82 Å². The number of urea groups is 1. The number of nitrogens with zero attached hydrogens (tertiary/aromatic N) is 1. The molecular formula is C35H40FN5O3. The number of allylic oxidation sites excluding steroid dienone is 8. The van der Waals surface area contributed by atoms with E-state index in [0.29, 0.717) is 48.5 Å². The molecule has 0 aromatic heterocycles. The summed E-state index contributed by atoms with van der Waals surface area (Å²) in [7, 11) is 3.31. The van der Waals surface area contributed by atoms with E-state index in [4.69, 9.17) is 16.2 Å². The second-order valence-corrected chi connectivity index (χ2v) is 10.9. The average Bonchev–Trinajstić information content (AvgIpc) is 3.24. The summed E-state index contributed by atoms with van der Waals surface area (Å²) >= 11 is 0. The molecule has 2 amide bonds. The third kappa shape index (κ3) is 7.66. The normalized spacial score (nSPS) is 15.8. The van der Waals surface area contributed by atoms with Crippen molar-refractivity contribution >= 4 is 28.6 Å². The second-order valence-electron chi connectivity index (χ2n) is 10.9. The van der Waals surface area contributed by atoms with E-state index in [9.17, 15) is 14.0 Å². The number of anilines is 1. The topological polar surface area (TPSA) is 123 Å². The van der Waals surface area contributed by atoms with E-state index in [1.54, 1.807) is 38.4 Å². The Bertz CT molecular complexity index is 1610. The van der Waals surface area contributed by atoms with E-state index in [-0.39, 0.29) is 23.5 Å². The van der Waals surface area contributed by atoms with E-state index in [1.165, 1.54) is 17.2 Å². The van der Waals surface area contributed by atoms with Gasteiger partial charge in [-0.05, 0) is 72.9 Å². The summed E-state index contributed by atoms with van der Waals surface area (Å²) in [5.41, 5.74) is 18.1. The highest BCUT2D eigenvalue weighted by Crippen LogP contribution is 2.36. The molecule has 1 aliphatic heterocycles. The number of amides is 2. The van der Waals surface area contributed by atoms with Crippen molar-refractivity contribution in [3.8, 4) is 5.75 Å². The Morgan fingerprint density at radius 1 is 1.16 bits per heavy atom. The number of Topliss-reactive ketones (excluding diaryl/α,β-unsaturated/α-hetero) is 1. The molecule has 0 unspecified atom stereocenters. The fourth-order valence-corrected chi connectivity index (χ4v) is 5.01. The molecule has 2 aliphatic rings. The van der Waals surface area contributed by atoms with Crippen LogP contribution >= 0.6 is 0 Å². The number of fused-ring (bicyclic) bond motifs is 1. The van der Waals surface area contributed by atoms with E-state index in [0.717, 1.165) is 28.0 Å². The summed E-state index contributed by atoms with van der Waals surface area (Å²) in [6, 6.07) is 11.9. The van der Waals surface area contributed by atoms with Crippen LogP contribution in [0.5, 0.6) is 5.75 Å². The maximum Gasteiger partial charge on any atom is 0.321 e. The Labute approximate surface area is 258 Å². The monoisotopic (exact) mass is 597 g/mol. The van der Waals surface area contributed by atoms with Gasteiger partial charge in [-0.3, -0.25) is 4.79 Å². The summed E-state index contributed by atoms with van der Waals surface area (Å²) in [5.74, 6) is -0.113. The van der Waals surface area contributed by atoms with Crippen LogP contribution < -0.4 is 26.8 Å². The number of ketones is 1. The largest absolute Gasteiger partial charge is 0.455 e. The zero-order chi connectivity index (χ0) is 31.8. The number of ether oxygens (including phenoxy) is 1. The minimum Gasteiger partial charge on any atom is -0.455 e. The SMILES string of the molecule is CC/C(=C\C(=C/N)NC(=O)N(C)C)c1ccc2c(c1)C(C(=O)[C@@H](C)CC1=CCC=C(Oc3ccccc3F)C=C1)=C(N)CN2. The molecule has 0 bridgehead atoms. The first kappa shape index (κ1) is 31.9. The number of halogens is 1. The number of hydrogen-bond acceptors (Lipinski definition) is 6. The number of carbonyl (C=O) groups is 2. The van der Waals surface area contributed by atoms with Crippen LogP contribution in [-0.4, -0.2) is 37.4 Å². The Morgan fingerprint density at radius 3 is 2.64 bits per heavy atom. The van der Waals surface area contributed by atoms with Gasteiger partial charge >= 0.3 is 6.03 Å². The average molecular weight is 598 g/mol. The van der Waals surface area contributed by atoms with Gasteiger partial charge in [0.05, 0.1) is 12.2 Å². The van der Waals surface area contributed by atoms with Crippen molar-refractivity contribution in [1.29, 1.82) is 0 Å². The summed E-state index contributed by atoms with van der Waals surface area (Å²) < 4.78 is 19.8. The lowest BCUT2D eigenvalue weighted by Crippen LogP contribution is -2.33. The molecule has 2 aromatic rings. The van der Waals surface area contributed by atoms with Gasteiger partial charge in [-0.1, -0.05) is 49.8 Å². The molecule has 4 rings (SSSR count). The molecule has 0 saturated carbocycles. The molecule has 8 nitrogen and oxygen atoms in total. The predicted molar refractivity (Wildman–Crippen MR) is 175 cm³/mol. The zero-order valence-electron chi connectivity index (χ0n) is 25.6. The predicted octanol–water partition coefficient (Wildman–Crippen LogP) is 6.23. The van der Waals surface area contributed by atoms with Gasteiger partial charge < -0.3 is 31.7 Å². The van der Waals surface area contributed by atoms with Crippen molar-refractivity contribution in [1.82, 2.24) is 10.2 Å². The van der Waals surface area contributed by atoms with Crippen LogP contribution in [0.4, 0.5) is 14.9 Å². The smallest absolute Gasteiger partial charge is 0.321 e. The molecule has 1 aliphatic carbocycles. The second kappa shape index (κ2) is 14.4. The summed E-state index contributed by atoms with van der Waals surface area (Å²) in [6.45, 7) is 4.29. The minimum atomic E-state index is -0.427. The highest BCUT2D eigenvalue weighted by atomic mass is 19.1. The molecule has 1 atom stereocenters. The molecule has 1 heterocycles. The van der Waals surface area contributed by atoms with Gasteiger partial charge in [0.15, 0.2) is 17.3 Å². The zero-order valence-corrected chi connectivity index (χ0v) is 25.6. The molecule has 9 heteroatoms. The third-order valence-electron chi connectivity index (χ3n) is 7.46. The first-order valence-corrected chi connectivity index (χ1v) is 14.6. The highest BCUT2D eigenvalue weighted by Gasteiger charge is 2.27. The molecular weight excluding hydrogens is 557 g/mol. The standard InChI is InChI=1S/C35H40FN5O3/c1-5-24(18-26(20-37)40-35(43)41(3)4)25-14-16-31-28(19-25)33(30(38)21-39-31)34(42)22(2)17-23-9-8-10-27(15-13-23)44-32-12-7-6-11-29(32)36/h6-7,9-16,18-20,22,39H,5,8,17,21,37-38H2,1-4H3,(H,40,43)/b24-18+,26-20+/t22-/m0/s1. The number of hydrogen-bond donors (Lipinski definition) is 4. The van der Waals surface area contributed by atoms with Gasteiger partial charge in [0.25, 0.3) is 0 Å². The summed E-state index contributed by atoms with van der Waals surface area (Å²) in [5, 5.41) is 6.09. The summed E-state index contributed by atoms with van der Waals surface area (Å²) in [4.78, 5) is 27.6. The van der Waals surface area contributed by atoms with Crippen molar-refractivity contribution in [2.75, 3.05) is 26.0 Å². The van der Waals surface area contributed by atoms with Crippen LogP contribution in [0.25, 0.3) is 11.1 Å². The third-order valence-corrected chi connectivity index (χ3v) is 7.46. The summed E-state index contributed by atoms with van der Waals surface area (Å²) in [6.07, 6.45) is 12.6. The molecule has 2 aromatic carbocycles. The molecule has 6 N–H and O–H groups in total. The lowest BCUT2D eigenvalue weighted by molar-refractivity contribution is -0.116. The first-order chi connectivity index (χ1) is 21.1. The van der Waals surface area contributed by atoms with Crippen molar-refractivity contribution in [3.63, 3.8) is 0 Å². The van der Waals surface area contributed by atoms with Gasteiger partial charge in [-0.15, -0.1) is 0 Å². The van der Waals surface area contributed by atoms with E-state index in [2.05, 4.69) is 10.6 Å². The number of nitrogens with one attached hydrogen (secondary N) is 2. The Balaban J connectivity index is 1.53. The van der Waals surface area contributed by atoms with E-state index in [1.807, 2.05) is 56.4 Å². The number of rotatable bonds is 10. The van der Waals surface area contributed by atoms with Crippen LogP contribution in [0.1, 0.15) is 44.2 Å². The molecule has 0 radical (unpaired) electrons. The number of para-hydroxylation sites is 1. The Morgan fingerprint density at radius 2 is 1.93 bits per heavy atom. The van der Waals surface area contributed by atoms with Crippen molar-refractivity contribution in [3.05, 3.63) is 119 Å². The lowest BCUT2D eigenvalue weighted by atomic mass is 9.85. The van der Waals surface area contributed by atoms with Gasteiger partial charge in [-0.2, -0.15) is 0 Å². The van der Waals surface area contributed by atoms with Gasteiger partial charge in [0.2, 0.25) is 0 Å². The fourth-order valence-electron chi connectivity index (χ4n) is 5.01. The van der Waals surface area contributed by atoms with Gasteiger partial charge in [0.1, 0.15) is 5.76 Å². The quantitative estimate of drug-likeness (QED) is 0.241. The number of carbonyl (C=O) groups excluding carboxylic acids is 2. The van der Waals surface area contributed by atoms with Crippen molar-refractivity contribution in [2.45, 2.75) is 33.1 Å².